The molecule has 0 aliphatic heterocycles. The summed E-state index contributed by atoms with van der Waals surface area (Å²) in [5, 5.41) is 8.75. The van der Waals surface area contributed by atoms with Gasteiger partial charge in [-0.05, 0) is 36.6 Å². The molecular formula is C13H16O3. The minimum Gasteiger partial charge on any atom is -0.501 e. The van der Waals surface area contributed by atoms with E-state index in [-0.39, 0.29) is 6.42 Å². The number of aryl methyl sites for hydroxylation is 1. The molecule has 0 aliphatic rings. The number of ether oxygens (including phenoxy) is 1. The number of hydrogen-bond donors (Lipinski definition) is 1. The van der Waals surface area contributed by atoms with E-state index in [0.29, 0.717) is 6.61 Å². The van der Waals surface area contributed by atoms with Gasteiger partial charge in [-0.1, -0.05) is 18.2 Å². The molecule has 0 aromatic heterocycles. The first-order chi connectivity index (χ1) is 7.63. The summed E-state index contributed by atoms with van der Waals surface area (Å²) in [5.41, 5.74) is 2.79. The zero-order chi connectivity index (χ0) is 12.0. The largest absolute Gasteiger partial charge is 0.501 e. The highest BCUT2D eigenvalue weighted by Crippen LogP contribution is 2.13. The molecule has 1 rings (SSSR count). The molecule has 0 atom stereocenters. The smallest absolute Gasteiger partial charge is 0.307 e. The molecule has 0 spiro atoms. The van der Waals surface area contributed by atoms with Crippen molar-refractivity contribution in [1.29, 1.82) is 0 Å². The number of rotatable bonds is 5. The van der Waals surface area contributed by atoms with Crippen molar-refractivity contribution in [3.8, 4) is 0 Å². The molecule has 0 unspecified atom stereocenters. The molecule has 0 amide bonds. The van der Waals surface area contributed by atoms with Crippen LogP contribution in [0.1, 0.15) is 23.6 Å². The van der Waals surface area contributed by atoms with Gasteiger partial charge in [0.1, 0.15) is 0 Å². The summed E-state index contributed by atoms with van der Waals surface area (Å²) in [7, 11) is 0. The van der Waals surface area contributed by atoms with Crippen molar-refractivity contribution in [3.05, 3.63) is 41.2 Å². The molecule has 0 bridgehead atoms. The summed E-state index contributed by atoms with van der Waals surface area (Å²) >= 11 is 0. The van der Waals surface area contributed by atoms with Gasteiger partial charge in [-0.3, -0.25) is 4.79 Å². The molecule has 3 heteroatoms. The molecule has 3 nitrogen and oxygen atoms in total. The highest BCUT2D eigenvalue weighted by molar-refractivity contribution is 5.71. The Kier molecular flexibility index (Phi) is 4.58. The lowest BCUT2D eigenvalue weighted by Gasteiger charge is -2.04. The van der Waals surface area contributed by atoms with Crippen LogP contribution in [0.25, 0.3) is 6.08 Å². The lowest BCUT2D eigenvalue weighted by molar-refractivity contribution is -0.136. The van der Waals surface area contributed by atoms with Crippen LogP contribution in [0, 0.1) is 6.92 Å². The lowest BCUT2D eigenvalue weighted by atomic mass is 10.0. The summed E-state index contributed by atoms with van der Waals surface area (Å²) in [6.07, 6.45) is 3.51. The monoisotopic (exact) mass is 220 g/mol. The average molecular weight is 220 g/mol. The average Bonchev–Trinajstić information content (AvgIpc) is 2.22. The van der Waals surface area contributed by atoms with E-state index in [1.807, 2.05) is 38.1 Å². The predicted molar refractivity (Wildman–Crippen MR) is 63.2 cm³/mol. The fraction of sp³-hybridized carbons (Fsp3) is 0.308. The van der Waals surface area contributed by atoms with Crippen LogP contribution in [-0.2, 0) is 16.0 Å². The SMILES string of the molecule is CCO/C=C/c1ccc(C)c(CC(=O)O)c1. The van der Waals surface area contributed by atoms with E-state index >= 15 is 0 Å². The molecule has 0 fully saturated rings. The zero-order valence-corrected chi connectivity index (χ0v) is 9.56. The van der Waals surface area contributed by atoms with Crippen LogP contribution in [0.15, 0.2) is 24.5 Å². The highest BCUT2D eigenvalue weighted by atomic mass is 16.5. The number of carboxylic acid groups (broad SMARTS) is 1. The normalized spacial score (nSPS) is 10.6. The first-order valence-corrected chi connectivity index (χ1v) is 5.23. The number of carbonyl (C=O) groups is 1. The Labute approximate surface area is 95.4 Å². The maximum atomic E-state index is 10.6. The van der Waals surface area contributed by atoms with Gasteiger partial charge in [0.2, 0.25) is 0 Å². The second kappa shape index (κ2) is 5.95. The van der Waals surface area contributed by atoms with Crippen molar-refractivity contribution in [2.24, 2.45) is 0 Å². The van der Waals surface area contributed by atoms with Crippen molar-refractivity contribution in [3.63, 3.8) is 0 Å². The Morgan fingerprint density at radius 2 is 2.25 bits per heavy atom. The molecular weight excluding hydrogens is 204 g/mol. The van der Waals surface area contributed by atoms with Crippen LogP contribution in [0.3, 0.4) is 0 Å². The fourth-order valence-electron chi connectivity index (χ4n) is 1.37. The molecule has 0 saturated carbocycles. The van der Waals surface area contributed by atoms with Crippen LogP contribution >= 0.6 is 0 Å². The quantitative estimate of drug-likeness (QED) is 0.776. The number of carboxylic acids is 1. The number of hydrogen-bond acceptors (Lipinski definition) is 2. The van der Waals surface area contributed by atoms with Crippen LogP contribution in [-0.4, -0.2) is 17.7 Å². The van der Waals surface area contributed by atoms with Gasteiger partial charge >= 0.3 is 5.97 Å². The van der Waals surface area contributed by atoms with Crippen molar-refractivity contribution >= 4 is 12.0 Å². The van der Waals surface area contributed by atoms with Gasteiger partial charge in [-0.2, -0.15) is 0 Å². The topological polar surface area (TPSA) is 46.5 Å². The third-order valence-electron chi connectivity index (χ3n) is 2.24. The third kappa shape index (κ3) is 3.77. The molecule has 1 aromatic carbocycles. The van der Waals surface area contributed by atoms with Crippen molar-refractivity contribution in [1.82, 2.24) is 0 Å². The van der Waals surface area contributed by atoms with E-state index in [1.54, 1.807) is 6.26 Å². The minimum absolute atomic E-state index is 0.0577. The fourth-order valence-corrected chi connectivity index (χ4v) is 1.37. The van der Waals surface area contributed by atoms with Crippen LogP contribution < -0.4 is 0 Å². The lowest BCUT2D eigenvalue weighted by Crippen LogP contribution is -2.02. The maximum Gasteiger partial charge on any atom is 0.307 e. The van der Waals surface area contributed by atoms with E-state index in [2.05, 4.69) is 0 Å². The van der Waals surface area contributed by atoms with Gasteiger partial charge in [0.05, 0.1) is 19.3 Å². The Morgan fingerprint density at radius 1 is 1.50 bits per heavy atom. The van der Waals surface area contributed by atoms with E-state index < -0.39 is 5.97 Å². The molecule has 1 aromatic rings. The molecule has 0 heterocycles. The Hall–Kier alpha value is -1.77. The summed E-state index contributed by atoms with van der Waals surface area (Å²) in [5.74, 6) is -0.811. The van der Waals surface area contributed by atoms with Crippen LogP contribution in [0.4, 0.5) is 0 Å². The standard InChI is InChI=1S/C13H16O3/c1-3-16-7-6-11-5-4-10(2)12(8-11)9-13(14)15/h4-8H,3,9H2,1-2H3,(H,14,15)/b7-6+. The Bertz CT molecular complexity index is 394. The van der Waals surface area contributed by atoms with Crippen LogP contribution in [0.2, 0.25) is 0 Å². The van der Waals surface area contributed by atoms with Gasteiger partial charge in [-0.25, -0.2) is 0 Å². The Balaban J connectivity index is 2.84. The maximum absolute atomic E-state index is 10.6. The summed E-state index contributed by atoms with van der Waals surface area (Å²) in [6, 6.07) is 5.74. The second-order valence-electron chi connectivity index (χ2n) is 3.51. The molecule has 1 N–H and O–H groups in total. The molecule has 86 valence electrons. The molecule has 0 radical (unpaired) electrons. The number of benzene rings is 1. The first kappa shape index (κ1) is 12.3. The van der Waals surface area contributed by atoms with E-state index in [4.69, 9.17) is 9.84 Å². The number of aliphatic carboxylic acids is 1. The first-order valence-electron chi connectivity index (χ1n) is 5.23. The van der Waals surface area contributed by atoms with Crippen LogP contribution in [0.5, 0.6) is 0 Å². The van der Waals surface area contributed by atoms with Gasteiger partial charge in [-0.15, -0.1) is 0 Å². The molecule has 0 aliphatic carbocycles. The van der Waals surface area contributed by atoms with Crippen molar-refractivity contribution in [2.45, 2.75) is 20.3 Å². The van der Waals surface area contributed by atoms with Crippen molar-refractivity contribution < 1.29 is 14.6 Å². The molecule has 0 saturated heterocycles. The highest BCUT2D eigenvalue weighted by Gasteiger charge is 2.04. The van der Waals surface area contributed by atoms with Gasteiger partial charge in [0.15, 0.2) is 0 Å². The zero-order valence-electron chi connectivity index (χ0n) is 9.56. The Morgan fingerprint density at radius 3 is 2.88 bits per heavy atom. The van der Waals surface area contributed by atoms with Gasteiger partial charge in [0, 0.05) is 0 Å². The van der Waals surface area contributed by atoms with E-state index in [0.717, 1.165) is 16.7 Å². The van der Waals surface area contributed by atoms with Gasteiger partial charge in [0.25, 0.3) is 0 Å². The predicted octanol–water partition coefficient (Wildman–Crippen LogP) is 2.63. The minimum atomic E-state index is -0.811. The van der Waals surface area contributed by atoms with Gasteiger partial charge < -0.3 is 9.84 Å². The van der Waals surface area contributed by atoms with E-state index in [1.165, 1.54) is 0 Å². The third-order valence-corrected chi connectivity index (χ3v) is 2.24. The molecule has 16 heavy (non-hydrogen) atoms. The summed E-state index contributed by atoms with van der Waals surface area (Å²) in [4.78, 5) is 10.6. The second-order valence-corrected chi connectivity index (χ2v) is 3.51. The summed E-state index contributed by atoms with van der Waals surface area (Å²) < 4.78 is 5.09. The van der Waals surface area contributed by atoms with E-state index in [9.17, 15) is 4.79 Å². The van der Waals surface area contributed by atoms with Crippen molar-refractivity contribution in [2.75, 3.05) is 6.61 Å². The summed E-state index contributed by atoms with van der Waals surface area (Å²) in [6.45, 7) is 4.45.